The molecule has 1 amide bonds. The summed E-state index contributed by atoms with van der Waals surface area (Å²) in [5, 5.41) is 2.15. The second-order valence-corrected chi connectivity index (χ2v) is 5.40. The summed E-state index contributed by atoms with van der Waals surface area (Å²) in [6.07, 6.45) is 5.54. The molecule has 1 saturated heterocycles. The lowest BCUT2D eigenvalue weighted by atomic mass is 10.1. The zero-order valence-electron chi connectivity index (χ0n) is 10.3. The largest absolute Gasteiger partial charge is 0.375 e. The summed E-state index contributed by atoms with van der Waals surface area (Å²) in [4.78, 5) is 22.5. The first-order valence-electron chi connectivity index (χ1n) is 6.17. The molecule has 2 N–H and O–H groups in total. The minimum absolute atomic E-state index is 0.0423. The van der Waals surface area contributed by atoms with E-state index in [9.17, 15) is 4.79 Å². The van der Waals surface area contributed by atoms with E-state index in [2.05, 4.69) is 9.97 Å². The number of carbonyl (C=O) groups is 1. The Morgan fingerprint density at radius 3 is 3.11 bits per heavy atom. The molecular weight excluding hydrogens is 260 g/mol. The van der Waals surface area contributed by atoms with Crippen molar-refractivity contribution in [2.24, 2.45) is 0 Å². The van der Waals surface area contributed by atoms with Crippen molar-refractivity contribution in [2.45, 2.75) is 18.9 Å². The van der Waals surface area contributed by atoms with Gasteiger partial charge in [0.15, 0.2) is 5.13 Å². The van der Waals surface area contributed by atoms with Crippen LogP contribution in [0.5, 0.6) is 0 Å². The fourth-order valence-corrected chi connectivity index (χ4v) is 3.00. The number of carbonyl (C=O) groups excluding carboxylic acids is 1. The first-order chi connectivity index (χ1) is 9.25. The molecule has 0 aromatic carbocycles. The molecule has 1 aliphatic heterocycles. The molecule has 6 heteroatoms. The number of aromatic nitrogens is 2. The summed E-state index contributed by atoms with van der Waals surface area (Å²) < 4.78 is 0. The van der Waals surface area contributed by atoms with E-state index in [1.54, 1.807) is 11.6 Å². The van der Waals surface area contributed by atoms with Crippen LogP contribution in [0.1, 0.15) is 34.9 Å². The second-order valence-electron chi connectivity index (χ2n) is 4.51. The topological polar surface area (TPSA) is 72.1 Å². The van der Waals surface area contributed by atoms with Crippen LogP contribution in [0.4, 0.5) is 5.13 Å². The van der Waals surface area contributed by atoms with Gasteiger partial charge in [0.25, 0.3) is 5.91 Å². The molecule has 0 radical (unpaired) electrons. The minimum atomic E-state index is -0.0423. The van der Waals surface area contributed by atoms with Crippen LogP contribution in [-0.4, -0.2) is 27.3 Å². The Kier molecular flexibility index (Phi) is 3.16. The molecule has 3 rings (SSSR count). The molecule has 1 fully saturated rings. The first kappa shape index (κ1) is 12.1. The molecule has 2 aromatic heterocycles. The van der Waals surface area contributed by atoms with Crippen molar-refractivity contribution in [1.29, 1.82) is 0 Å². The Hall–Kier alpha value is -1.95. The quantitative estimate of drug-likeness (QED) is 0.910. The highest BCUT2D eigenvalue weighted by atomic mass is 32.1. The van der Waals surface area contributed by atoms with E-state index in [0.29, 0.717) is 10.8 Å². The Labute approximate surface area is 115 Å². The van der Waals surface area contributed by atoms with Gasteiger partial charge in [0.1, 0.15) is 5.69 Å². The molecule has 5 nitrogen and oxygen atoms in total. The van der Waals surface area contributed by atoms with Crippen LogP contribution in [0.2, 0.25) is 0 Å². The Bertz CT molecular complexity index is 583. The van der Waals surface area contributed by atoms with E-state index < -0.39 is 0 Å². The summed E-state index contributed by atoms with van der Waals surface area (Å²) in [7, 11) is 0. The van der Waals surface area contributed by atoms with Gasteiger partial charge in [0.05, 0.1) is 6.04 Å². The fourth-order valence-electron chi connectivity index (χ4n) is 2.46. The number of pyridine rings is 1. The monoisotopic (exact) mass is 274 g/mol. The molecule has 98 valence electrons. The molecule has 0 saturated carbocycles. The summed E-state index contributed by atoms with van der Waals surface area (Å²) in [6.45, 7) is 0.760. The van der Waals surface area contributed by atoms with Crippen LogP contribution >= 0.6 is 11.3 Å². The predicted molar refractivity (Wildman–Crippen MR) is 73.8 cm³/mol. The number of amides is 1. The van der Waals surface area contributed by atoms with E-state index in [1.807, 2.05) is 23.2 Å². The van der Waals surface area contributed by atoms with E-state index in [1.165, 1.54) is 11.3 Å². The van der Waals surface area contributed by atoms with Crippen molar-refractivity contribution in [1.82, 2.24) is 14.9 Å². The molecule has 0 aliphatic carbocycles. The molecule has 1 unspecified atom stereocenters. The van der Waals surface area contributed by atoms with Gasteiger partial charge in [-0.2, -0.15) is 0 Å². The number of nitrogens with two attached hydrogens (primary N) is 1. The van der Waals surface area contributed by atoms with Gasteiger partial charge in [0, 0.05) is 24.3 Å². The lowest BCUT2D eigenvalue weighted by Gasteiger charge is -2.24. The number of likely N-dealkylation sites (tertiary alicyclic amines) is 1. The van der Waals surface area contributed by atoms with Crippen LogP contribution in [0.15, 0.2) is 29.9 Å². The zero-order valence-corrected chi connectivity index (χ0v) is 11.1. The first-order valence-corrected chi connectivity index (χ1v) is 7.05. The van der Waals surface area contributed by atoms with Crippen LogP contribution in [-0.2, 0) is 0 Å². The van der Waals surface area contributed by atoms with Gasteiger partial charge in [-0.05, 0) is 24.5 Å². The number of nitrogens with zero attached hydrogens (tertiary/aromatic N) is 3. The van der Waals surface area contributed by atoms with Crippen molar-refractivity contribution in [2.75, 3.05) is 12.3 Å². The van der Waals surface area contributed by atoms with Crippen LogP contribution in [0, 0.1) is 0 Å². The second kappa shape index (κ2) is 4.97. The smallest absolute Gasteiger partial charge is 0.273 e. The van der Waals surface area contributed by atoms with E-state index in [-0.39, 0.29) is 11.9 Å². The third-order valence-corrected chi connectivity index (χ3v) is 4.00. The third-order valence-electron chi connectivity index (χ3n) is 3.32. The summed E-state index contributed by atoms with van der Waals surface area (Å²) in [6, 6.07) is 4.01. The zero-order chi connectivity index (χ0) is 13.2. The molecule has 19 heavy (non-hydrogen) atoms. The van der Waals surface area contributed by atoms with Gasteiger partial charge < -0.3 is 10.6 Å². The number of hydrogen-bond acceptors (Lipinski definition) is 5. The lowest BCUT2D eigenvalue weighted by molar-refractivity contribution is 0.0730. The summed E-state index contributed by atoms with van der Waals surface area (Å²) in [5.74, 6) is -0.0423. The Morgan fingerprint density at radius 2 is 2.42 bits per heavy atom. The number of hydrogen-bond donors (Lipinski definition) is 1. The van der Waals surface area contributed by atoms with Gasteiger partial charge in [-0.15, -0.1) is 11.3 Å². The van der Waals surface area contributed by atoms with Gasteiger partial charge in [-0.25, -0.2) is 4.98 Å². The number of anilines is 1. The highest BCUT2D eigenvalue weighted by Crippen LogP contribution is 2.32. The SMILES string of the molecule is Nc1nc(C(=O)N2CCCC2c2cccnc2)cs1. The van der Waals surface area contributed by atoms with Crippen LogP contribution < -0.4 is 5.73 Å². The predicted octanol–water partition coefficient (Wildman–Crippen LogP) is 2.10. The van der Waals surface area contributed by atoms with Gasteiger partial charge in [-0.1, -0.05) is 6.07 Å². The Balaban J connectivity index is 1.86. The molecule has 1 aliphatic rings. The molecule has 0 spiro atoms. The van der Waals surface area contributed by atoms with Gasteiger partial charge in [0.2, 0.25) is 0 Å². The van der Waals surface area contributed by atoms with Crippen LogP contribution in [0.25, 0.3) is 0 Å². The highest BCUT2D eigenvalue weighted by molar-refractivity contribution is 7.13. The molecule has 3 heterocycles. The molecule has 2 aromatic rings. The molecular formula is C13H14N4OS. The normalized spacial score (nSPS) is 18.7. The maximum absolute atomic E-state index is 12.4. The van der Waals surface area contributed by atoms with E-state index >= 15 is 0 Å². The van der Waals surface area contributed by atoms with Crippen molar-refractivity contribution in [3.05, 3.63) is 41.2 Å². The number of thiazole rings is 1. The van der Waals surface area contributed by atoms with E-state index in [0.717, 1.165) is 24.9 Å². The van der Waals surface area contributed by atoms with Crippen LogP contribution in [0.3, 0.4) is 0 Å². The van der Waals surface area contributed by atoms with E-state index in [4.69, 9.17) is 5.73 Å². The standard InChI is InChI=1S/C13H14N4OS/c14-13-16-10(8-19-13)12(18)17-6-2-4-11(17)9-3-1-5-15-7-9/h1,3,5,7-8,11H,2,4,6H2,(H2,14,16). The number of rotatable bonds is 2. The highest BCUT2D eigenvalue weighted by Gasteiger charge is 2.31. The third kappa shape index (κ3) is 2.31. The lowest BCUT2D eigenvalue weighted by Crippen LogP contribution is -2.30. The summed E-state index contributed by atoms with van der Waals surface area (Å²) in [5.41, 5.74) is 7.11. The molecule has 0 bridgehead atoms. The van der Waals surface area contributed by atoms with Crippen molar-refractivity contribution in [3.63, 3.8) is 0 Å². The number of nitrogen functional groups attached to an aromatic ring is 1. The summed E-state index contributed by atoms with van der Waals surface area (Å²) >= 11 is 1.30. The average Bonchev–Trinajstić information content (AvgIpc) is 3.07. The average molecular weight is 274 g/mol. The van der Waals surface area contributed by atoms with Crippen molar-refractivity contribution in [3.8, 4) is 0 Å². The molecule has 1 atom stereocenters. The van der Waals surface area contributed by atoms with Gasteiger partial charge >= 0.3 is 0 Å². The van der Waals surface area contributed by atoms with Crippen molar-refractivity contribution < 1.29 is 4.79 Å². The Morgan fingerprint density at radius 1 is 1.53 bits per heavy atom. The fraction of sp³-hybridized carbons (Fsp3) is 0.308. The minimum Gasteiger partial charge on any atom is -0.375 e. The maximum atomic E-state index is 12.4. The maximum Gasteiger partial charge on any atom is 0.273 e. The van der Waals surface area contributed by atoms with Crippen molar-refractivity contribution >= 4 is 22.4 Å². The van der Waals surface area contributed by atoms with Gasteiger partial charge in [-0.3, -0.25) is 9.78 Å².